The molecule has 2 aromatic carbocycles. The summed E-state index contributed by atoms with van der Waals surface area (Å²) in [5.74, 6) is 0. The Hall–Kier alpha value is -4.72. The Morgan fingerprint density at radius 2 is 0.971 bits per heavy atom. The highest BCUT2D eigenvalue weighted by Gasteiger charge is 2.11. The molecule has 0 radical (unpaired) electrons. The molecule has 8 heteroatoms. The molecule has 0 aliphatic heterocycles. The van der Waals surface area contributed by atoms with Gasteiger partial charge in [0.1, 0.15) is 23.7 Å². The van der Waals surface area contributed by atoms with Crippen LogP contribution in [0.25, 0.3) is 34.5 Å². The first kappa shape index (κ1) is 19.9. The summed E-state index contributed by atoms with van der Waals surface area (Å²) in [6.45, 7) is 1.39. The fourth-order valence-corrected chi connectivity index (χ4v) is 3.99. The molecule has 0 spiro atoms. The van der Waals surface area contributed by atoms with E-state index in [1.807, 2.05) is 57.7 Å². The van der Waals surface area contributed by atoms with Crippen molar-refractivity contribution in [3.8, 4) is 0 Å². The Labute approximate surface area is 195 Å². The topological polar surface area (TPSA) is 87.2 Å². The number of imidazole rings is 2. The normalized spacial score (nSPS) is 11.6. The minimum absolute atomic E-state index is 0.697. The average Bonchev–Trinajstić information content (AvgIpc) is 3.49. The summed E-state index contributed by atoms with van der Waals surface area (Å²) in [6.07, 6.45) is 10.5. The van der Waals surface area contributed by atoms with E-state index >= 15 is 0 Å². The number of rotatable bonds is 6. The minimum Gasteiger partial charge on any atom is -0.311 e. The molecule has 0 aliphatic rings. The fourth-order valence-electron chi connectivity index (χ4n) is 3.99. The Kier molecular flexibility index (Phi) is 5.08. The quantitative estimate of drug-likeness (QED) is 0.382. The lowest BCUT2D eigenvalue weighted by Crippen LogP contribution is -2.00. The predicted molar refractivity (Wildman–Crippen MR) is 131 cm³/mol. The summed E-state index contributed by atoms with van der Waals surface area (Å²) in [6, 6.07) is 20.5. The molecule has 0 N–H and O–H groups in total. The largest absolute Gasteiger partial charge is 0.311 e. The van der Waals surface area contributed by atoms with Gasteiger partial charge in [0.25, 0.3) is 0 Å². The van der Waals surface area contributed by atoms with Crippen molar-refractivity contribution >= 4 is 34.5 Å². The Bertz CT molecular complexity index is 1480. The van der Waals surface area contributed by atoms with Crippen molar-refractivity contribution < 1.29 is 0 Å². The van der Waals surface area contributed by atoms with Crippen LogP contribution >= 0.6 is 0 Å². The molecule has 0 saturated carbocycles. The van der Waals surface area contributed by atoms with Gasteiger partial charge in [-0.1, -0.05) is 60.7 Å². The van der Waals surface area contributed by atoms with Crippen LogP contribution in [0.4, 0.5) is 0 Å². The van der Waals surface area contributed by atoms with Crippen LogP contribution in [-0.4, -0.2) is 39.0 Å². The summed E-state index contributed by atoms with van der Waals surface area (Å²) in [7, 11) is 0. The van der Waals surface area contributed by atoms with E-state index in [1.54, 1.807) is 25.3 Å². The van der Waals surface area contributed by atoms with Gasteiger partial charge < -0.3 is 9.13 Å². The van der Waals surface area contributed by atoms with Gasteiger partial charge in [0.05, 0.1) is 37.1 Å². The number of benzene rings is 2. The lowest BCUT2D eigenvalue weighted by molar-refractivity contribution is 0.813. The monoisotopic (exact) mass is 444 g/mol. The molecule has 0 unspecified atom stereocenters. The van der Waals surface area contributed by atoms with Crippen molar-refractivity contribution in [3.63, 3.8) is 0 Å². The summed E-state index contributed by atoms with van der Waals surface area (Å²) >= 11 is 0. The van der Waals surface area contributed by atoms with Crippen LogP contribution in [0.15, 0.2) is 86.0 Å². The van der Waals surface area contributed by atoms with Crippen LogP contribution in [0.5, 0.6) is 0 Å². The first-order valence-electron chi connectivity index (χ1n) is 10.9. The lowest BCUT2D eigenvalue weighted by atomic mass is 10.2. The molecular formula is C26H20N8. The van der Waals surface area contributed by atoms with Crippen LogP contribution < -0.4 is 0 Å². The average molecular weight is 445 g/mol. The predicted octanol–water partition coefficient (Wildman–Crippen LogP) is 4.23. The zero-order chi connectivity index (χ0) is 22.7. The van der Waals surface area contributed by atoms with Crippen LogP contribution in [-0.2, 0) is 13.1 Å². The molecular weight excluding hydrogens is 424 g/mol. The van der Waals surface area contributed by atoms with Crippen molar-refractivity contribution in [3.05, 3.63) is 108 Å². The van der Waals surface area contributed by atoms with Crippen molar-refractivity contribution in [2.45, 2.75) is 13.1 Å². The third-order valence-electron chi connectivity index (χ3n) is 5.65. The number of aromatic nitrogens is 8. The van der Waals surface area contributed by atoms with E-state index in [4.69, 9.17) is 0 Å². The highest BCUT2D eigenvalue weighted by molar-refractivity contribution is 5.88. The van der Waals surface area contributed by atoms with E-state index in [1.165, 1.54) is 11.1 Å². The zero-order valence-electron chi connectivity index (χ0n) is 18.2. The smallest absolute Gasteiger partial charge is 0.164 e. The molecule has 0 fully saturated rings. The number of nitrogens with zero attached hydrogens (tertiary/aromatic N) is 8. The van der Waals surface area contributed by atoms with E-state index in [2.05, 4.69) is 54.2 Å². The standard InChI is InChI=1S/C26H20N8/c1-3-7-19(8-4-1)13-33-17-31-23-21(27-15-29-25(23)33)11-12-22-24-26(30-16-28-22)34(18-32-24)14-20-9-5-2-6-10-20/h1-12,15-18H,13-14H2/b12-11+. The molecule has 8 nitrogen and oxygen atoms in total. The van der Waals surface area contributed by atoms with Crippen LogP contribution in [0.2, 0.25) is 0 Å². The van der Waals surface area contributed by atoms with Crippen molar-refractivity contribution in [1.82, 2.24) is 39.0 Å². The van der Waals surface area contributed by atoms with Crippen LogP contribution in [0, 0.1) is 0 Å². The summed E-state index contributed by atoms with van der Waals surface area (Å²) in [5, 5.41) is 0. The van der Waals surface area contributed by atoms with Gasteiger partial charge in [-0.25, -0.2) is 29.9 Å². The van der Waals surface area contributed by atoms with Gasteiger partial charge in [-0.05, 0) is 23.3 Å². The van der Waals surface area contributed by atoms with Crippen LogP contribution in [0.1, 0.15) is 22.5 Å². The minimum atomic E-state index is 0.697. The molecule has 4 aromatic heterocycles. The summed E-state index contributed by atoms with van der Waals surface area (Å²) in [4.78, 5) is 27.0. The van der Waals surface area contributed by atoms with Gasteiger partial charge >= 0.3 is 0 Å². The molecule has 34 heavy (non-hydrogen) atoms. The van der Waals surface area contributed by atoms with Gasteiger partial charge in [0.2, 0.25) is 0 Å². The SMILES string of the molecule is C(=C\c1ncnc2c1ncn2Cc1ccccc1)/c1ncnc2c1ncn2Cc1ccccc1. The number of hydrogen-bond donors (Lipinski definition) is 0. The molecule has 0 bridgehead atoms. The second-order valence-corrected chi connectivity index (χ2v) is 7.91. The molecule has 6 rings (SSSR count). The van der Waals surface area contributed by atoms with E-state index in [-0.39, 0.29) is 0 Å². The third-order valence-corrected chi connectivity index (χ3v) is 5.65. The Balaban J connectivity index is 1.31. The first-order chi connectivity index (χ1) is 16.8. The second-order valence-electron chi connectivity index (χ2n) is 7.91. The molecule has 0 atom stereocenters. The van der Waals surface area contributed by atoms with E-state index in [0.717, 1.165) is 33.7 Å². The van der Waals surface area contributed by atoms with Gasteiger partial charge in [0, 0.05) is 0 Å². The summed E-state index contributed by atoms with van der Waals surface area (Å²) < 4.78 is 4.05. The van der Waals surface area contributed by atoms with Crippen molar-refractivity contribution in [2.24, 2.45) is 0 Å². The molecule has 0 saturated heterocycles. The maximum atomic E-state index is 4.57. The maximum Gasteiger partial charge on any atom is 0.164 e. The Morgan fingerprint density at radius 1 is 0.529 bits per heavy atom. The van der Waals surface area contributed by atoms with Gasteiger partial charge in [0.15, 0.2) is 11.3 Å². The third kappa shape index (κ3) is 3.81. The molecule has 0 aliphatic carbocycles. The summed E-state index contributed by atoms with van der Waals surface area (Å²) in [5.41, 5.74) is 6.90. The molecule has 0 amide bonds. The van der Waals surface area contributed by atoms with Gasteiger partial charge in [-0.3, -0.25) is 0 Å². The Morgan fingerprint density at radius 3 is 1.41 bits per heavy atom. The maximum absolute atomic E-state index is 4.57. The van der Waals surface area contributed by atoms with E-state index < -0.39 is 0 Å². The van der Waals surface area contributed by atoms with E-state index in [0.29, 0.717) is 13.1 Å². The van der Waals surface area contributed by atoms with Crippen molar-refractivity contribution in [1.29, 1.82) is 0 Å². The first-order valence-corrected chi connectivity index (χ1v) is 10.9. The highest BCUT2D eigenvalue weighted by Crippen LogP contribution is 2.20. The molecule has 6 aromatic rings. The van der Waals surface area contributed by atoms with Gasteiger partial charge in [-0.15, -0.1) is 0 Å². The van der Waals surface area contributed by atoms with Crippen LogP contribution in [0.3, 0.4) is 0 Å². The highest BCUT2D eigenvalue weighted by atomic mass is 15.1. The molecule has 164 valence electrons. The lowest BCUT2D eigenvalue weighted by Gasteiger charge is -2.04. The van der Waals surface area contributed by atoms with Crippen molar-refractivity contribution in [2.75, 3.05) is 0 Å². The number of hydrogen-bond acceptors (Lipinski definition) is 6. The second kappa shape index (κ2) is 8.67. The molecule has 4 heterocycles. The van der Waals surface area contributed by atoms with E-state index in [9.17, 15) is 0 Å². The van der Waals surface area contributed by atoms with Gasteiger partial charge in [-0.2, -0.15) is 0 Å². The fraction of sp³-hybridized carbons (Fsp3) is 0.0769. The number of fused-ring (bicyclic) bond motifs is 2. The zero-order valence-corrected chi connectivity index (χ0v) is 18.2.